The van der Waals surface area contributed by atoms with Crippen LogP contribution in [-0.4, -0.2) is 68.2 Å². The van der Waals surface area contributed by atoms with E-state index in [0.717, 1.165) is 0 Å². The molecule has 3 amide bonds. The smallest absolute Gasteiger partial charge is 0.250 e. The minimum atomic E-state index is -0.781. The third-order valence-corrected chi connectivity index (χ3v) is 4.67. The van der Waals surface area contributed by atoms with Gasteiger partial charge < -0.3 is 30.3 Å². The molecule has 0 bridgehead atoms. The molecule has 2 aliphatic rings. The number of anilines is 1. The first kappa shape index (κ1) is 19.1. The largest absolute Gasteiger partial charge is 0.497 e. The number of methoxy groups -OCH3 is 1. The van der Waals surface area contributed by atoms with Gasteiger partial charge in [-0.1, -0.05) is 0 Å². The third-order valence-electron chi connectivity index (χ3n) is 4.67. The maximum atomic E-state index is 12.8. The van der Waals surface area contributed by atoms with E-state index in [1.54, 1.807) is 38.4 Å². The second-order valence-corrected chi connectivity index (χ2v) is 6.49. The molecule has 2 saturated heterocycles. The number of hydrogen-bond acceptors (Lipinski definition) is 6. The molecule has 1 aromatic carbocycles. The van der Waals surface area contributed by atoms with Gasteiger partial charge >= 0.3 is 0 Å². The van der Waals surface area contributed by atoms with Crippen LogP contribution in [0.1, 0.15) is 12.8 Å². The van der Waals surface area contributed by atoms with Gasteiger partial charge in [0.1, 0.15) is 24.1 Å². The zero-order valence-corrected chi connectivity index (χ0v) is 15.4. The summed E-state index contributed by atoms with van der Waals surface area (Å²) in [4.78, 5) is 38.7. The number of fused-ring (bicyclic) bond motifs is 1. The van der Waals surface area contributed by atoms with Crippen LogP contribution < -0.4 is 20.7 Å². The molecular weight excluding hydrogens is 352 g/mol. The van der Waals surface area contributed by atoms with Gasteiger partial charge in [0, 0.05) is 5.69 Å². The van der Waals surface area contributed by atoms with Gasteiger partial charge in [0.2, 0.25) is 17.7 Å². The maximum Gasteiger partial charge on any atom is 0.250 e. The van der Waals surface area contributed by atoms with Crippen LogP contribution in [0.25, 0.3) is 0 Å². The Morgan fingerprint density at radius 2 is 2.00 bits per heavy atom. The Morgan fingerprint density at radius 1 is 1.26 bits per heavy atom. The lowest BCUT2D eigenvalue weighted by Crippen LogP contribution is -2.61. The molecule has 2 heterocycles. The molecule has 3 rings (SSSR count). The number of nitrogens with one attached hydrogen (secondary N) is 3. The van der Waals surface area contributed by atoms with Crippen molar-refractivity contribution in [3.05, 3.63) is 24.3 Å². The van der Waals surface area contributed by atoms with Crippen LogP contribution in [0.4, 0.5) is 5.69 Å². The molecule has 3 atom stereocenters. The second-order valence-electron chi connectivity index (χ2n) is 6.49. The summed E-state index contributed by atoms with van der Waals surface area (Å²) in [6.07, 6.45) is 0.667. The molecule has 9 heteroatoms. The highest BCUT2D eigenvalue weighted by molar-refractivity contribution is 5.99. The van der Waals surface area contributed by atoms with Gasteiger partial charge in [-0.2, -0.15) is 0 Å². The highest BCUT2D eigenvalue weighted by Crippen LogP contribution is 2.30. The maximum absolute atomic E-state index is 12.8. The number of ether oxygens (including phenoxy) is 2. The standard InChI is InChI=1S/C18H24N4O5/c1-19-9-15(23)21-13-10-27-16-8-7-14(22(16)18(13)25)17(24)20-11-3-5-12(26-2)6-4-11/h3-6,13-14,16,19H,7-10H2,1-2H3,(H,20,24)(H,21,23). The second kappa shape index (κ2) is 8.36. The molecule has 1 aromatic rings. The normalized spacial score (nSPS) is 24.3. The number of likely N-dealkylation sites (N-methyl/N-ethyl adjacent to an activating group) is 1. The molecule has 27 heavy (non-hydrogen) atoms. The lowest BCUT2D eigenvalue weighted by Gasteiger charge is -2.37. The van der Waals surface area contributed by atoms with Crippen molar-refractivity contribution >= 4 is 23.4 Å². The summed E-state index contributed by atoms with van der Waals surface area (Å²) in [5.74, 6) is -0.171. The van der Waals surface area contributed by atoms with E-state index in [9.17, 15) is 14.4 Å². The summed E-state index contributed by atoms with van der Waals surface area (Å²) in [6.45, 7) is 0.219. The van der Waals surface area contributed by atoms with Gasteiger partial charge in [-0.3, -0.25) is 14.4 Å². The Labute approximate surface area is 157 Å². The van der Waals surface area contributed by atoms with Crippen molar-refractivity contribution in [3.63, 3.8) is 0 Å². The number of amides is 3. The van der Waals surface area contributed by atoms with Crippen LogP contribution in [0.15, 0.2) is 24.3 Å². The minimum Gasteiger partial charge on any atom is -0.497 e. The monoisotopic (exact) mass is 376 g/mol. The molecule has 146 valence electrons. The summed E-state index contributed by atoms with van der Waals surface area (Å²) < 4.78 is 10.8. The van der Waals surface area contributed by atoms with Gasteiger partial charge in [-0.25, -0.2) is 0 Å². The van der Waals surface area contributed by atoms with Crippen molar-refractivity contribution in [1.29, 1.82) is 0 Å². The molecule has 0 radical (unpaired) electrons. The van der Waals surface area contributed by atoms with Crippen molar-refractivity contribution < 1.29 is 23.9 Å². The molecule has 9 nitrogen and oxygen atoms in total. The Hall–Kier alpha value is -2.65. The SMILES string of the molecule is CNCC(=O)NC1COC2CCC(C(=O)Nc3ccc(OC)cc3)N2C1=O. The minimum absolute atomic E-state index is 0.106. The van der Waals surface area contributed by atoms with E-state index in [-0.39, 0.29) is 30.9 Å². The van der Waals surface area contributed by atoms with Crippen LogP contribution in [-0.2, 0) is 19.1 Å². The Morgan fingerprint density at radius 3 is 2.67 bits per heavy atom. The molecule has 0 spiro atoms. The number of hydrogen-bond donors (Lipinski definition) is 3. The van der Waals surface area contributed by atoms with Gasteiger partial charge in [0.15, 0.2) is 0 Å². The Balaban J connectivity index is 1.66. The quantitative estimate of drug-likeness (QED) is 0.628. The molecule has 0 aromatic heterocycles. The highest BCUT2D eigenvalue weighted by atomic mass is 16.5. The number of carbonyl (C=O) groups is 3. The zero-order chi connectivity index (χ0) is 19.4. The molecule has 3 unspecified atom stereocenters. The van der Waals surface area contributed by atoms with Gasteiger partial charge in [0.25, 0.3) is 0 Å². The van der Waals surface area contributed by atoms with E-state index in [1.165, 1.54) is 4.90 Å². The van der Waals surface area contributed by atoms with Gasteiger partial charge in [-0.15, -0.1) is 0 Å². The predicted octanol–water partition coefficient (Wildman–Crippen LogP) is -0.315. The summed E-state index contributed by atoms with van der Waals surface area (Å²) in [5, 5.41) is 8.19. The first-order valence-corrected chi connectivity index (χ1v) is 8.86. The summed E-state index contributed by atoms with van der Waals surface area (Å²) >= 11 is 0. The molecule has 0 saturated carbocycles. The van der Waals surface area contributed by atoms with Crippen LogP contribution >= 0.6 is 0 Å². The first-order chi connectivity index (χ1) is 13.0. The van der Waals surface area contributed by atoms with E-state index in [4.69, 9.17) is 9.47 Å². The van der Waals surface area contributed by atoms with E-state index >= 15 is 0 Å². The van der Waals surface area contributed by atoms with Crippen molar-refractivity contribution in [2.24, 2.45) is 0 Å². The number of carbonyl (C=O) groups excluding carboxylic acids is 3. The Kier molecular flexibility index (Phi) is 5.92. The van der Waals surface area contributed by atoms with E-state index in [1.807, 2.05) is 0 Å². The fourth-order valence-corrected chi connectivity index (χ4v) is 3.36. The van der Waals surface area contributed by atoms with Gasteiger partial charge in [-0.05, 0) is 44.2 Å². The van der Waals surface area contributed by atoms with Crippen molar-refractivity contribution in [2.75, 3.05) is 32.6 Å². The van der Waals surface area contributed by atoms with E-state index in [2.05, 4.69) is 16.0 Å². The lowest BCUT2D eigenvalue weighted by molar-refractivity contribution is -0.166. The van der Waals surface area contributed by atoms with Crippen molar-refractivity contribution in [2.45, 2.75) is 31.2 Å². The highest BCUT2D eigenvalue weighted by Gasteiger charge is 2.47. The van der Waals surface area contributed by atoms with Crippen molar-refractivity contribution in [1.82, 2.24) is 15.5 Å². The fourth-order valence-electron chi connectivity index (χ4n) is 3.36. The molecule has 2 fully saturated rings. The lowest BCUT2D eigenvalue weighted by atomic mass is 10.1. The average Bonchev–Trinajstić information content (AvgIpc) is 3.10. The molecular formula is C18H24N4O5. The number of rotatable bonds is 6. The Bertz CT molecular complexity index is 708. The third kappa shape index (κ3) is 4.20. The summed E-state index contributed by atoms with van der Waals surface area (Å²) in [6, 6.07) is 5.55. The molecule has 2 aliphatic heterocycles. The first-order valence-electron chi connectivity index (χ1n) is 8.86. The molecule has 0 aliphatic carbocycles. The van der Waals surface area contributed by atoms with Crippen LogP contribution in [0, 0.1) is 0 Å². The zero-order valence-electron chi connectivity index (χ0n) is 15.4. The average molecular weight is 376 g/mol. The van der Waals surface area contributed by atoms with Crippen LogP contribution in [0.3, 0.4) is 0 Å². The summed E-state index contributed by atoms with van der Waals surface area (Å²) in [7, 11) is 3.22. The summed E-state index contributed by atoms with van der Waals surface area (Å²) in [5.41, 5.74) is 0.619. The topological polar surface area (TPSA) is 109 Å². The van der Waals surface area contributed by atoms with Crippen LogP contribution in [0.2, 0.25) is 0 Å². The van der Waals surface area contributed by atoms with Crippen LogP contribution in [0.5, 0.6) is 5.75 Å². The molecule has 3 N–H and O–H groups in total. The number of nitrogens with zero attached hydrogens (tertiary/aromatic N) is 1. The van der Waals surface area contributed by atoms with E-state index in [0.29, 0.717) is 24.3 Å². The predicted molar refractivity (Wildman–Crippen MR) is 97.1 cm³/mol. The van der Waals surface area contributed by atoms with Crippen molar-refractivity contribution in [3.8, 4) is 5.75 Å². The van der Waals surface area contributed by atoms with Gasteiger partial charge in [0.05, 0.1) is 20.3 Å². The van der Waals surface area contributed by atoms with E-state index < -0.39 is 18.3 Å². The number of benzene rings is 1. The fraction of sp³-hybridized carbons (Fsp3) is 0.500.